The van der Waals surface area contributed by atoms with Crippen LogP contribution in [0.15, 0.2) is 60.7 Å². The standard InChI is InChI=1S/C17H25NO2.C11H12O2.ClH/c1-4-18(5-2)15-12-13-17(15,16(19)20-6-3)14-10-8-7-9-11-14;12-10(13)11(7-4-8-11)9-5-2-1-3-6-9;/h7-11,15H,4-6,12-13H2,1-3H3;1-3,5-6H,4,7-8H2,(H,12,13);1H. The minimum absolute atomic E-state index is 0. The van der Waals surface area contributed by atoms with E-state index in [1.807, 2.05) is 55.5 Å². The Morgan fingerprint density at radius 1 is 0.912 bits per heavy atom. The molecule has 34 heavy (non-hydrogen) atoms. The van der Waals surface area contributed by atoms with Crippen LogP contribution in [-0.2, 0) is 25.2 Å². The van der Waals surface area contributed by atoms with Crippen LogP contribution >= 0.6 is 12.4 Å². The number of carbonyl (C=O) groups is 2. The van der Waals surface area contributed by atoms with E-state index < -0.39 is 16.8 Å². The lowest BCUT2D eigenvalue weighted by atomic mass is 9.59. The SMILES string of the molecule is CCOC(=O)C1(c2ccccc2)CCC1N(CC)CC.Cl.O=C(O)C1(c2ccccc2)CCC1. The smallest absolute Gasteiger partial charge is 0.318 e. The Labute approximate surface area is 209 Å². The fourth-order valence-corrected chi connectivity index (χ4v) is 5.32. The Morgan fingerprint density at radius 3 is 1.79 bits per heavy atom. The first kappa shape index (κ1) is 27.9. The lowest BCUT2D eigenvalue weighted by Crippen LogP contribution is -2.62. The van der Waals surface area contributed by atoms with Gasteiger partial charge >= 0.3 is 11.9 Å². The van der Waals surface area contributed by atoms with Crippen molar-refractivity contribution in [3.63, 3.8) is 0 Å². The van der Waals surface area contributed by atoms with Gasteiger partial charge in [0.05, 0.1) is 12.0 Å². The van der Waals surface area contributed by atoms with E-state index in [4.69, 9.17) is 9.84 Å². The number of carboxylic acid groups (broad SMARTS) is 1. The van der Waals surface area contributed by atoms with Crippen LogP contribution in [0, 0.1) is 0 Å². The molecular weight excluding hydrogens is 450 g/mol. The summed E-state index contributed by atoms with van der Waals surface area (Å²) in [7, 11) is 0. The number of nitrogens with zero attached hydrogens (tertiary/aromatic N) is 1. The highest BCUT2D eigenvalue weighted by atomic mass is 35.5. The monoisotopic (exact) mass is 487 g/mol. The molecule has 0 bridgehead atoms. The van der Waals surface area contributed by atoms with Crippen molar-refractivity contribution < 1.29 is 19.4 Å². The number of carboxylic acids is 1. The summed E-state index contributed by atoms with van der Waals surface area (Å²) in [5.74, 6) is -0.737. The van der Waals surface area contributed by atoms with Crippen LogP contribution in [0.4, 0.5) is 0 Å². The molecule has 2 atom stereocenters. The minimum Gasteiger partial charge on any atom is -0.481 e. The van der Waals surface area contributed by atoms with E-state index in [2.05, 4.69) is 30.9 Å². The Balaban J connectivity index is 0.000000253. The van der Waals surface area contributed by atoms with E-state index in [0.29, 0.717) is 6.61 Å². The minimum atomic E-state index is -0.676. The summed E-state index contributed by atoms with van der Waals surface area (Å²) in [5, 5.41) is 9.14. The second-order valence-corrected chi connectivity index (χ2v) is 8.94. The summed E-state index contributed by atoms with van der Waals surface area (Å²) >= 11 is 0. The van der Waals surface area contributed by atoms with Crippen LogP contribution in [0.2, 0.25) is 0 Å². The molecule has 0 aromatic heterocycles. The van der Waals surface area contributed by atoms with E-state index >= 15 is 0 Å². The van der Waals surface area contributed by atoms with Gasteiger partial charge in [0.15, 0.2) is 0 Å². The van der Waals surface area contributed by atoms with Crippen LogP contribution < -0.4 is 0 Å². The second-order valence-electron chi connectivity index (χ2n) is 8.94. The lowest BCUT2D eigenvalue weighted by Gasteiger charge is -2.52. The molecule has 2 aliphatic rings. The molecule has 0 radical (unpaired) electrons. The first-order valence-electron chi connectivity index (χ1n) is 12.2. The topological polar surface area (TPSA) is 66.8 Å². The number of rotatable bonds is 8. The van der Waals surface area contributed by atoms with Crippen molar-refractivity contribution in [3.8, 4) is 0 Å². The van der Waals surface area contributed by atoms with Crippen LogP contribution in [0.25, 0.3) is 0 Å². The van der Waals surface area contributed by atoms with Gasteiger partial charge in [-0.2, -0.15) is 0 Å². The lowest BCUT2D eigenvalue weighted by molar-refractivity contribution is -0.159. The maximum atomic E-state index is 12.6. The maximum absolute atomic E-state index is 12.6. The summed E-state index contributed by atoms with van der Waals surface area (Å²) in [6.45, 7) is 8.57. The Morgan fingerprint density at radius 2 is 1.44 bits per heavy atom. The molecule has 0 amide bonds. The van der Waals surface area contributed by atoms with Gasteiger partial charge in [-0.1, -0.05) is 80.9 Å². The number of aliphatic carboxylic acids is 1. The average Bonchev–Trinajstić information content (AvgIpc) is 2.78. The predicted octanol–water partition coefficient (Wildman–Crippen LogP) is 5.61. The van der Waals surface area contributed by atoms with Crippen molar-refractivity contribution in [2.24, 2.45) is 0 Å². The summed E-state index contributed by atoms with van der Waals surface area (Å²) in [6, 6.07) is 19.9. The molecule has 2 aromatic rings. The van der Waals surface area contributed by atoms with E-state index in [0.717, 1.165) is 56.3 Å². The number of benzene rings is 2. The van der Waals surface area contributed by atoms with Crippen molar-refractivity contribution >= 4 is 24.3 Å². The van der Waals surface area contributed by atoms with Gasteiger partial charge in [-0.3, -0.25) is 14.5 Å². The molecule has 6 heteroatoms. The van der Waals surface area contributed by atoms with Crippen LogP contribution in [0.3, 0.4) is 0 Å². The molecule has 2 saturated carbocycles. The summed E-state index contributed by atoms with van der Waals surface area (Å²) in [6.07, 6.45) is 4.55. The quantitative estimate of drug-likeness (QED) is 0.490. The highest BCUT2D eigenvalue weighted by Crippen LogP contribution is 2.47. The van der Waals surface area contributed by atoms with Crippen molar-refractivity contribution in [2.75, 3.05) is 19.7 Å². The van der Waals surface area contributed by atoms with E-state index in [1.165, 1.54) is 0 Å². The zero-order valence-electron chi connectivity index (χ0n) is 20.5. The molecule has 0 spiro atoms. The third-order valence-corrected chi connectivity index (χ3v) is 7.51. The van der Waals surface area contributed by atoms with Gasteiger partial charge in [-0.25, -0.2) is 0 Å². The zero-order valence-corrected chi connectivity index (χ0v) is 21.4. The summed E-state index contributed by atoms with van der Waals surface area (Å²) in [5.41, 5.74) is 1.01. The van der Waals surface area contributed by atoms with Gasteiger partial charge in [0.25, 0.3) is 0 Å². The molecule has 1 N–H and O–H groups in total. The highest BCUT2D eigenvalue weighted by Gasteiger charge is 2.56. The highest BCUT2D eigenvalue weighted by molar-refractivity contribution is 5.86. The number of likely N-dealkylation sites (N-methyl/N-ethyl adjacent to an activating group) is 1. The van der Waals surface area contributed by atoms with Crippen molar-refractivity contribution in [2.45, 2.75) is 69.7 Å². The molecule has 186 valence electrons. The van der Waals surface area contributed by atoms with E-state index in [-0.39, 0.29) is 24.4 Å². The third-order valence-electron chi connectivity index (χ3n) is 7.51. The zero-order chi connectivity index (χ0) is 23.9. The van der Waals surface area contributed by atoms with Crippen LogP contribution in [0.1, 0.15) is 64.0 Å². The van der Waals surface area contributed by atoms with Gasteiger partial charge in [0, 0.05) is 6.04 Å². The number of esters is 1. The fourth-order valence-electron chi connectivity index (χ4n) is 5.32. The molecule has 5 nitrogen and oxygen atoms in total. The molecular formula is C28H38ClNO4. The first-order valence-corrected chi connectivity index (χ1v) is 12.2. The maximum Gasteiger partial charge on any atom is 0.318 e. The average molecular weight is 488 g/mol. The van der Waals surface area contributed by atoms with Crippen molar-refractivity contribution in [1.82, 2.24) is 4.90 Å². The third kappa shape index (κ3) is 5.16. The summed E-state index contributed by atoms with van der Waals surface area (Å²) < 4.78 is 5.41. The predicted molar refractivity (Wildman–Crippen MR) is 138 cm³/mol. The number of hydrogen-bond acceptors (Lipinski definition) is 4. The normalized spacial score (nSPS) is 22.2. The molecule has 0 aliphatic heterocycles. The summed E-state index contributed by atoms with van der Waals surface area (Å²) in [4.78, 5) is 26.1. The molecule has 2 fully saturated rings. The Bertz CT molecular complexity index is 913. The van der Waals surface area contributed by atoms with Crippen LogP contribution in [0.5, 0.6) is 0 Å². The van der Waals surface area contributed by atoms with Gasteiger partial charge in [0.2, 0.25) is 0 Å². The van der Waals surface area contributed by atoms with Gasteiger partial charge in [-0.05, 0) is 56.8 Å². The second kappa shape index (κ2) is 12.4. The van der Waals surface area contributed by atoms with E-state index in [9.17, 15) is 9.59 Å². The molecule has 2 aliphatic carbocycles. The fraction of sp³-hybridized carbons (Fsp3) is 0.500. The van der Waals surface area contributed by atoms with Crippen LogP contribution in [-0.4, -0.2) is 47.7 Å². The molecule has 4 rings (SSSR count). The Hall–Kier alpha value is -2.37. The van der Waals surface area contributed by atoms with Gasteiger partial charge in [0.1, 0.15) is 5.41 Å². The first-order chi connectivity index (χ1) is 16.0. The number of carbonyl (C=O) groups excluding carboxylic acids is 1. The molecule has 0 saturated heterocycles. The van der Waals surface area contributed by atoms with E-state index in [1.54, 1.807) is 0 Å². The van der Waals surface area contributed by atoms with Crippen molar-refractivity contribution in [1.29, 1.82) is 0 Å². The molecule has 2 aromatic carbocycles. The molecule has 0 heterocycles. The number of hydrogen-bond donors (Lipinski definition) is 1. The Kier molecular flexibility index (Phi) is 10.1. The van der Waals surface area contributed by atoms with Gasteiger partial charge < -0.3 is 9.84 Å². The molecule has 2 unspecified atom stereocenters. The number of halogens is 1. The largest absolute Gasteiger partial charge is 0.481 e. The van der Waals surface area contributed by atoms with Crippen molar-refractivity contribution in [3.05, 3.63) is 71.8 Å². The van der Waals surface area contributed by atoms with Gasteiger partial charge in [-0.15, -0.1) is 12.4 Å². The number of ether oxygens (including phenoxy) is 1.